The highest BCUT2D eigenvalue weighted by atomic mass is 17.2. The smallest absolute Gasteiger partial charge is 0.171 e. The maximum absolute atomic E-state index is 5.09. The first-order chi connectivity index (χ1) is 5.92. The molecule has 0 aromatic heterocycles. The van der Waals surface area contributed by atoms with Crippen LogP contribution in [0, 0.1) is 0 Å². The Morgan fingerprint density at radius 3 is 3.08 bits per heavy atom. The Bertz CT molecular complexity index is 294. The minimum Gasteiger partial charge on any atom is -0.337 e. The van der Waals surface area contributed by atoms with Crippen LogP contribution in [-0.2, 0) is 4.89 Å². The summed E-state index contributed by atoms with van der Waals surface area (Å²) in [6.07, 6.45) is 2.64. The van der Waals surface area contributed by atoms with Crippen LogP contribution >= 0.6 is 0 Å². The quantitative estimate of drug-likeness (QED) is 0.491. The van der Waals surface area contributed by atoms with Crippen LogP contribution in [-0.4, -0.2) is 0 Å². The molecule has 0 N–H and O–H groups in total. The standard InChI is InChI=1S/C10H10O2/c1-2-5-9-8-6-3-4-7-10(8)12-11-9/h2-4,6-7,9H,1,5H2. The molecular weight excluding hydrogens is 152 g/mol. The van der Waals surface area contributed by atoms with Gasteiger partial charge in [-0.25, -0.2) is 0 Å². The molecule has 0 saturated heterocycles. The Labute approximate surface area is 71.4 Å². The minimum atomic E-state index is 0.0266. The second kappa shape index (κ2) is 2.99. The lowest BCUT2D eigenvalue weighted by molar-refractivity contribution is -0.222. The van der Waals surface area contributed by atoms with Gasteiger partial charge in [-0.05, 0) is 12.5 Å². The highest BCUT2D eigenvalue weighted by Gasteiger charge is 2.23. The van der Waals surface area contributed by atoms with Gasteiger partial charge < -0.3 is 4.89 Å². The maximum atomic E-state index is 5.09. The number of rotatable bonds is 2. The van der Waals surface area contributed by atoms with Crippen molar-refractivity contribution >= 4 is 0 Å². The van der Waals surface area contributed by atoms with Gasteiger partial charge in [0, 0.05) is 5.56 Å². The summed E-state index contributed by atoms with van der Waals surface area (Å²) in [6.45, 7) is 3.66. The van der Waals surface area contributed by atoms with E-state index in [1.807, 2.05) is 30.3 Å². The molecule has 1 aliphatic rings. The summed E-state index contributed by atoms with van der Waals surface area (Å²) in [5.74, 6) is 0.823. The van der Waals surface area contributed by atoms with Crippen LogP contribution < -0.4 is 4.89 Å². The highest BCUT2D eigenvalue weighted by Crippen LogP contribution is 2.36. The van der Waals surface area contributed by atoms with E-state index in [0.29, 0.717) is 0 Å². The Kier molecular flexibility index (Phi) is 1.84. The molecule has 0 saturated carbocycles. The van der Waals surface area contributed by atoms with E-state index in [1.54, 1.807) is 0 Å². The van der Waals surface area contributed by atoms with Gasteiger partial charge in [0.15, 0.2) is 5.75 Å². The van der Waals surface area contributed by atoms with Crippen molar-refractivity contribution in [1.29, 1.82) is 0 Å². The number of hydrogen-bond acceptors (Lipinski definition) is 2. The Hall–Kier alpha value is -1.28. The molecule has 2 nitrogen and oxygen atoms in total. The first kappa shape index (κ1) is 7.37. The lowest BCUT2D eigenvalue weighted by Crippen LogP contribution is -1.94. The average Bonchev–Trinajstić information content (AvgIpc) is 2.50. The molecule has 2 heteroatoms. The molecule has 0 spiro atoms. The zero-order valence-corrected chi connectivity index (χ0v) is 6.69. The van der Waals surface area contributed by atoms with Gasteiger partial charge in [-0.15, -0.1) is 6.58 Å². The predicted octanol–water partition coefficient (Wildman–Crippen LogP) is 2.63. The van der Waals surface area contributed by atoms with E-state index in [-0.39, 0.29) is 6.10 Å². The number of para-hydroxylation sites is 1. The van der Waals surface area contributed by atoms with Crippen molar-refractivity contribution < 1.29 is 9.78 Å². The second-order valence-electron chi connectivity index (χ2n) is 2.73. The fourth-order valence-corrected chi connectivity index (χ4v) is 1.30. The maximum Gasteiger partial charge on any atom is 0.171 e. The Balaban J connectivity index is 2.29. The molecule has 1 heterocycles. The number of benzene rings is 1. The summed E-state index contributed by atoms with van der Waals surface area (Å²) in [4.78, 5) is 10.1. The van der Waals surface area contributed by atoms with E-state index in [2.05, 4.69) is 6.58 Å². The lowest BCUT2D eigenvalue weighted by atomic mass is 10.1. The van der Waals surface area contributed by atoms with E-state index in [1.165, 1.54) is 0 Å². The monoisotopic (exact) mass is 162 g/mol. The van der Waals surface area contributed by atoms with Crippen molar-refractivity contribution in [2.24, 2.45) is 0 Å². The summed E-state index contributed by atoms with van der Waals surface area (Å²) in [7, 11) is 0. The molecule has 0 bridgehead atoms. The third-order valence-corrected chi connectivity index (χ3v) is 1.90. The largest absolute Gasteiger partial charge is 0.337 e. The Morgan fingerprint density at radius 1 is 1.42 bits per heavy atom. The van der Waals surface area contributed by atoms with Crippen LogP contribution in [0.25, 0.3) is 0 Å². The van der Waals surface area contributed by atoms with Crippen molar-refractivity contribution in [3.63, 3.8) is 0 Å². The summed E-state index contributed by atoms with van der Waals surface area (Å²) < 4.78 is 0. The van der Waals surface area contributed by atoms with Gasteiger partial charge in [0.2, 0.25) is 0 Å². The molecule has 0 fully saturated rings. The van der Waals surface area contributed by atoms with E-state index in [4.69, 9.17) is 9.78 Å². The van der Waals surface area contributed by atoms with Crippen LogP contribution in [0.5, 0.6) is 5.75 Å². The SMILES string of the molecule is C=CCC1OOc2ccccc21. The minimum absolute atomic E-state index is 0.0266. The fourth-order valence-electron chi connectivity index (χ4n) is 1.30. The average molecular weight is 162 g/mol. The van der Waals surface area contributed by atoms with Crippen molar-refractivity contribution in [2.75, 3.05) is 0 Å². The normalized spacial score (nSPS) is 19.8. The van der Waals surface area contributed by atoms with Crippen molar-refractivity contribution in [3.05, 3.63) is 42.5 Å². The van der Waals surface area contributed by atoms with Crippen LogP contribution in [0.15, 0.2) is 36.9 Å². The molecular formula is C10H10O2. The van der Waals surface area contributed by atoms with Crippen molar-refractivity contribution in [1.82, 2.24) is 0 Å². The molecule has 0 aliphatic carbocycles. The third kappa shape index (κ3) is 1.10. The molecule has 1 aromatic carbocycles. The van der Waals surface area contributed by atoms with Crippen LogP contribution in [0.3, 0.4) is 0 Å². The number of hydrogen-bond donors (Lipinski definition) is 0. The first-order valence-electron chi connectivity index (χ1n) is 3.95. The molecule has 0 radical (unpaired) electrons. The van der Waals surface area contributed by atoms with Crippen molar-refractivity contribution in [3.8, 4) is 5.75 Å². The van der Waals surface area contributed by atoms with Gasteiger partial charge in [0.05, 0.1) is 0 Å². The third-order valence-electron chi connectivity index (χ3n) is 1.90. The van der Waals surface area contributed by atoms with Gasteiger partial charge in [-0.2, -0.15) is 4.89 Å². The molecule has 1 aromatic rings. The Morgan fingerprint density at radius 2 is 2.25 bits per heavy atom. The zero-order chi connectivity index (χ0) is 8.39. The van der Waals surface area contributed by atoms with E-state index < -0.39 is 0 Å². The zero-order valence-electron chi connectivity index (χ0n) is 6.69. The van der Waals surface area contributed by atoms with Gasteiger partial charge in [0.1, 0.15) is 6.10 Å². The van der Waals surface area contributed by atoms with Gasteiger partial charge in [-0.3, -0.25) is 0 Å². The molecule has 2 rings (SSSR count). The van der Waals surface area contributed by atoms with E-state index in [0.717, 1.165) is 17.7 Å². The lowest BCUT2D eigenvalue weighted by Gasteiger charge is -2.01. The molecule has 12 heavy (non-hydrogen) atoms. The molecule has 1 aliphatic heterocycles. The predicted molar refractivity (Wildman–Crippen MR) is 45.7 cm³/mol. The van der Waals surface area contributed by atoms with E-state index in [9.17, 15) is 0 Å². The molecule has 1 atom stereocenters. The summed E-state index contributed by atoms with van der Waals surface area (Å²) in [6, 6.07) is 7.82. The fraction of sp³-hybridized carbons (Fsp3) is 0.200. The van der Waals surface area contributed by atoms with Gasteiger partial charge in [0.25, 0.3) is 0 Å². The first-order valence-corrected chi connectivity index (χ1v) is 3.95. The van der Waals surface area contributed by atoms with Crippen molar-refractivity contribution in [2.45, 2.75) is 12.5 Å². The molecule has 62 valence electrons. The van der Waals surface area contributed by atoms with E-state index >= 15 is 0 Å². The van der Waals surface area contributed by atoms with Crippen LogP contribution in [0.4, 0.5) is 0 Å². The second-order valence-corrected chi connectivity index (χ2v) is 2.73. The van der Waals surface area contributed by atoms with Gasteiger partial charge >= 0.3 is 0 Å². The van der Waals surface area contributed by atoms with Crippen LogP contribution in [0.2, 0.25) is 0 Å². The summed E-state index contributed by atoms with van der Waals surface area (Å²) in [5, 5.41) is 0. The summed E-state index contributed by atoms with van der Waals surface area (Å²) >= 11 is 0. The molecule has 1 unspecified atom stereocenters. The summed E-state index contributed by atoms with van der Waals surface area (Å²) in [5.41, 5.74) is 1.11. The highest BCUT2D eigenvalue weighted by molar-refractivity contribution is 5.36. The topological polar surface area (TPSA) is 18.5 Å². The number of fused-ring (bicyclic) bond motifs is 1. The van der Waals surface area contributed by atoms with Crippen LogP contribution in [0.1, 0.15) is 18.1 Å². The van der Waals surface area contributed by atoms with Gasteiger partial charge in [-0.1, -0.05) is 24.3 Å². The molecule has 0 amide bonds.